The van der Waals surface area contributed by atoms with E-state index in [1.54, 1.807) is 6.07 Å². The number of benzene rings is 1. The van der Waals surface area contributed by atoms with E-state index in [0.29, 0.717) is 117 Å². The Labute approximate surface area is 273 Å². The number of para-hydroxylation sites is 2. The average molecular weight is 644 g/mol. The van der Waals surface area contributed by atoms with E-state index in [0.717, 1.165) is 13.0 Å². The summed E-state index contributed by atoms with van der Waals surface area (Å²) in [5.41, 5.74) is 6.45. The highest BCUT2D eigenvalue weighted by molar-refractivity contribution is 5.51. The van der Waals surface area contributed by atoms with Gasteiger partial charge in [0, 0.05) is 6.61 Å². The molecule has 2 N–H and O–H groups in total. The fourth-order valence-corrected chi connectivity index (χ4v) is 4.33. The zero-order valence-corrected chi connectivity index (χ0v) is 28.4. The van der Waals surface area contributed by atoms with Gasteiger partial charge in [0.25, 0.3) is 0 Å². The lowest BCUT2D eigenvalue weighted by Crippen LogP contribution is -2.15. The standard InChI is InChI=1S/C35H65NO9/c1-2-3-4-5-6-7-8-9-10-11-14-17-37-18-19-38-20-21-39-22-23-40-24-25-41-26-27-42-28-29-43-30-31-44-32-33-45-35-16-13-12-15-34(35)36/h12-13,15-16H,2-11,14,17-33,36H2,1H3. The first-order chi connectivity index (χ1) is 22.3. The average Bonchev–Trinajstić information content (AvgIpc) is 3.05. The minimum atomic E-state index is 0.446. The molecule has 0 saturated heterocycles. The first-order valence-electron chi connectivity index (χ1n) is 17.4. The summed E-state index contributed by atoms with van der Waals surface area (Å²) in [6.45, 7) is 11.7. The fraction of sp³-hybridized carbons (Fsp3) is 0.829. The van der Waals surface area contributed by atoms with Crippen LogP contribution < -0.4 is 10.5 Å². The van der Waals surface area contributed by atoms with E-state index >= 15 is 0 Å². The van der Waals surface area contributed by atoms with Crippen LogP contribution in [-0.4, -0.2) is 112 Å². The quantitative estimate of drug-likeness (QED) is 0.0676. The van der Waals surface area contributed by atoms with Crippen LogP contribution in [0.1, 0.15) is 77.6 Å². The number of unbranched alkanes of at least 4 members (excludes halogenated alkanes) is 10. The van der Waals surface area contributed by atoms with E-state index in [1.807, 2.05) is 18.2 Å². The maximum atomic E-state index is 5.82. The second-order valence-corrected chi connectivity index (χ2v) is 10.8. The topological polar surface area (TPSA) is 109 Å². The van der Waals surface area contributed by atoms with Crippen LogP contribution in [-0.2, 0) is 37.9 Å². The lowest BCUT2D eigenvalue weighted by Gasteiger charge is -2.09. The third-order valence-electron chi connectivity index (χ3n) is 6.90. The summed E-state index contributed by atoms with van der Waals surface area (Å²) in [6.07, 6.45) is 14.9. The van der Waals surface area contributed by atoms with Crippen molar-refractivity contribution in [1.29, 1.82) is 0 Å². The van der Waals surface area contributed by atoms with Gasteiger partial charge in [-0.25, -0.2) is 0 Å². The van der Waals surface area contributed by atoms with Crippen LogP contribution in [0.3, 0.4) is 0 Å². The van der Waals surface area contributed by atoms with E-state index in [-0.39, 0.29) is 0 Å². The van der Waals surface area contributed by atoms with Crippen LogP contribution in [0.5, 0.6) is 5.75 Å². The highest BCUT2D eigenvalue weighted by atomic mass is 16.6. The predicted octanol–water partition coefficient (Wildman–Crippen LogP) is 6.09. The number of nitrogens with two attached hydrogens (primary N) is 1. The van der Waals surface area contributed by atoms with Gasteiger partial charge in [0.05, 0.1) is 105 Å². The Morgan fingerprint density at radius 1 is 0.378 bits per heavy atom. The smallest absolute Gasteiger partial charge is 0.142 e. The van der Waals surface area contributed by atoms with Crippen molar-refractivity contribution in [1.82, 2.24) is 0 Å². The zero-order chi connectivity index (χ0) is 32.1. The van der Waals surface area contributed by atoms with Gasteiger partial charge in [-0.1, -0.05) is 83.3 Å². The molecule has 0 aromatic heterocycles. The highest BCUT2D eigenvalue weighted by Gasteiger charge is 1.99. The molecule has 0 saturated carbocycles. The molecule has 0 aliphatic carbocycles. The molecular formula is C35H65NO9. The molecule has 1 aromatic rings. The SMILES string of the molecule is CCCCCCCCCCCCCOCCOCCOCCOCCOCCOCCOCCOCCOc1ccccc1N. The van der Waals surface area contributed by atoms with Crippen LogP contribution in [0.25, 0.3) is 0 Å². The van der Waals surface area contributed by atoms with E-state index in [4.69, 9.17) is 48.4 Å². The number of nitrogen functional groups attached to an aromatic ring is 1. The van der Waals surface area contributed by atoms with Crippen molar-refractivity contribution in [2.75, 3.05) is 118 Å². The summed E-state index contributed by atoms with van der Waals surface area (Å²) in [5, 5.41) is 0. The van der Waals surface area contributed by atoms with Gasteiger partial charge in [-0.2, -0.15) is 0 Å². The third kappa shape index (κ3) is 30.9. The summed E-state index contributed by atoms with van der Waals surface area (Å²) in [4.78, 5) is 0. The summed E-state index contributed by atoms with van der Waals surface area (Å²) in [6, 6.07) is 7.40. The molecule has 0 atom stereocenters. The molecule has 45 heavy (non-hydrogen) atoms. The molecule has 0 fully saturated rings. The summed E-state index contributed by atoms with van der Waals surface area (Å²) in [5.74, 6) is 0.675. The van der Waals surface area contributed by atoms with Gasteiger partial charge in [-0.3, -0.25) is 0 Å². The Bertz CT molecular complexity index is 713. The maximum Gasteiger partial charge on any atom is 0.142 e. The van der Waals surface area contributed by atoms with Crippen molar-refractivity contribution in [3.63, 3.8) is 0 Å². The van der Waals surface area contributed by atoms with Gasteiger partial charge in [-0.05, 0) is 18.6 Å². The minimum Gasteiger partial charge on any atom is -0.489 e. The molecule has 0 aliphatic rings. The van der Waals surface area contributed by atoms with Crippen LogP contribution in [0, 0.1) is 0 Å². The van der Waals surface area contributed by atoms with Crippen molar-refractivity contribution < 1.29 is 42.6 Å². The molecule has 0 bridgehead atoms. The normalized spacial score (nSPS) is 11.4. The van der Waals surface area contributed by atoms with Crippen molar-refractivity contribution >= 4 is 5.69 Å². The molecule has 0 spiro atoms. The third-order valence-corrected chi connectivity index (χ3v) is 6.90. The van der Waals surface area contributed by atoms with E-state index in [1.165, 1.54) is 64.2 Å². The van der Waals surface area contributed by atoms with Crippen molar-refractivity contribution in [3.05, 3.63) is 24.3 Å². The van der Waals surface area contributed by atoms with Crippen LogP contribution in [0.4, 0.5) is 5.69 Å². The van der Waals surface area contributed by atoms with Gasteiger partial charge >= 0.3 is 0 Å². The van der Waals surface area contributed by atoms with Crippen LogP contribution >= 0.6 is 0 Å². The molecule has 0 radical (unpaired) electrons. The van der Waals surface area contributed by atoms with E-state index < -0.39 is 0 Å². The first kappa shape index (κ1) is 41.5. The lowest BCUT2D eigenvalue weighted by atomic mass is 10.1. The Hall–Kier alpha value is -1.50. The van der Waals surface area contributed by atoms with Gasteiger partial charge < -0.3 is 48.4 Å². The Balaban J connectivity index is 1.62. The largest absolute Gasteiger partial charge is 0.489 e. The second-order valence-electron chi connectivity index (χ2n) is 10.8. The van der Waals surface area contributed by atoms with Crippen LogP contribution in [0.15, 0.2) is 24.3 Å². The number of hydrogen-bond donors (Lipinski definition) is 1. The zero-order valence-electron chi connectivity index (χ0n) is 28.4. The number of rotatable bonds is 37. The van der Waals surface area contributed by atoms with Crippen molar-refractivity contribution in [2.24, 2.45) is 0 Å². The van der Waals surface area contributed by atoms with Gasteiger partial charge in [0.15, 0.2) is 0 Å². The molecule has 10 heteroatoms. The molecule has 0 heterocycles. The summed E-state index contributed by atoms with van der Waals surface area (Å²) in [7, 11) is 0. The number of hydrogen-bond acceptors (Lipinski definition) is 10. The molecule has 0 unspecified atom stereocenters. The molecule has 1 rings (SSSR count). The molecule has 1 aromatic carbocycles. The van der Waals surface area contributed by atoms with Gasteiger partial charge in [-0.15, -0.1) is 0 Å². The highest BCUT2D eigenvalue weighted by Crippen LogP contribution is 2.19. The molecule has 0 amide bonds. The lowest BCUT2D eigenvalue weighted by molar-refractivity contribution is -0.0236. The molecular weight excluding hydrogens is 578 g/mol. The molecule has 0 aliphatic heterocycles. The summed E-state index contributed by atoms with van der Waals surface area (Å²) < 4.78 is 49.8. The molecule has 10 nitrogen and oxygen atoms in total. The van der Waals surface area contributed by atoms with Crippen molar-refractivity contribution in [2.45, 2.75) is 77.6 Å². The van der Waals surface area contributed by atoms with Gasteiger partial charge in [0.2, 0.25) is 0 Å². The first-order valence-corrected chi connectivity index (χ1v) is 17.4. The Morgan fingerprint density at radius 3 is 1.07 bits per heavy atom. The summed E-state index contributed by atoms with van der Waals surface area (Å²) >= 11 is 0. The predicted molar refractivity (Wildman–Crippen MR) is 179 cm³/mol. The van der Waals surface area contributed by atoms with Gasteiger partial charge in [0.1, 0.15) is 12.4 Å². The number of anilines is 1. The molecule has 264 valence electrons. The van der Waals surface area contributed by atoms with E-state index in [2.05, 4.69) is 6.92 Å². The Morgan fingerprint density at radius 2 is 0.689 bits per heavy atom. The Kier molecular flexibility index (Phi) is 32.6. The maximum absolute atomic E-state index is 5.82. The second kappa shape index (κ2) is 35.4. The minimum absolute atomic E-state index is 0.446. The number of ether oxygens (including phenoxy) is 9. The van der Waals surface area contributed by atoms with Crippen molar-refractivity contribution in [3.8, 4) is 5.75 Å². The fourth-order valence-electron chi connectivity index (χ4n) is 4.33. The van der Waals surface area contributed by atoms with Crippen LogP contribution in [0.2, 0.25) is 0 Å². The van der Waals surface area contributed by atoms with E-state index in [9.17, 15) is 0 Å². The monoisotopic (exact) mass is 643 g/mol.